The van der Waals surface area contributed by atoms with E-state index in [2.05, 4.69) is 10.2 Å². The smallest absolute Gasteiger partial charge is 0.196 e. The van der Waals surface area contributed by atoms with Crippen LogP contribution in [0.2, 0.25) is 0 Å². The highest BCUT2D eigenvalue weighted by atomic mass is 32.2. The summed E-state index contributed by atoms with van der Waals surface area (Å²) in [6, 6.07) is 13.4. The normalized spacial score (nSPS) is 12.5. The van der Waals surface area contributed by atoms with E-state index in [0.717, 1.165) is 21.9 Å². The zero-order valence-corrected chi connectivity index (χ0v) is 12.7. The van der Waals surface area contributed by atoms with E-state index in [1.165, 1.54) is 11.8 Å². The Balaban J connectivity index is 1.81. The van der Waals surface area contributed by atoms with Gasteiger partial charge in [-0.3, -0.25) is 9.20 Å². The van der Waals surface area contributed by atoms with E-state index >= 15 is 0 Å². The number of nitrogens with zero attached hydrogens (tertiary/aromatic N) is 3. The van der Waals surface area contributed by atoms with Crippen molar-refractivity contribution in [3.05, 3.63) is 59.8 Å². The minimum atomic E-state index is -0.208. The van der Waals surface area contributed by atoms with Crippen LogP contribution in [0.4, 0.5) is 0 Å². The first-order chi connectivity index (χ1) is 10.1. The van der Waals surface area contributed by atoms with Crippen molar-refractivity contribution in [1.82, 2.24) is 14.6 Å². The third kappa shape index (κ3) is 2.83. The molecule has 4 nitrogen and oxygen atoms in total. The summed E-state index contributed by atoms with van der Waals surface area (Å²) in [5, 5.41) is 8.77. The lowest BCUT2D eigenvalue weighted by Crippen LogP contribution is -2.14. The highest BCUT2D eigenvalue weighted by Crippen LogP contribution is 2.24. The van der Waals surface area contributed by atoms with E-state index in [9.17, 15) is 4.79 Å². The summed E-state index contributed by atoms with van der Waals surface area (Å²) in [6.45, 7) is 3.91. The second-order valence-corrected chi connectivity index (χ2v) is 6.21. The third-order valence-corrected chi connectivity index (χ3v) is 4.33. The van der Waals surface area contributed by atoms with Crippen LogP contribution in [-0.4, -0.2) is 25.6 Å². The number of carbonyl (C=O) groups is 1. The number of hydrogen-bond acceptors (Lipinski definition) is 4. The summed E-state index contributed by atoms with van der Waals surface area (Å²) in [5.41, 5.74) is 2.67. The SMILES string of the molecule is Cc1ccc(C(=O)[C@@H](C)Sc2nnc3ccccn23)cc1. The van der Waals surface area contributed by atoms with E-state index in [1.54, 1.807) is 0 Å². The molecule has 1 aromatic carbocycles. The Bertz CT molecular complexity index is 780. The van der Waals surface area contributed by atoms with Crippen LogP contribution in [-0.2, 0) is 0 Å². The van der Waals surface area contributed by atoms with Crippen LogP contribution in [0, 0.1) is 6.92 Å². The molecule has 0 aliphatic rings. The van der Waals surface area contributed by atoms with Crippen molar-refractivity contribution < 1.29 is 4.79 Å². The van der Waals surface area contributed by atoms with Gasteiger partial charge < -0.3 is 0 Å². The van der Waals surface area contributed by atoms with Gasteiger partial charge >= 0.3 is 0 Å². The monoisotopic (exact) mass is 297 g/mol. The fourth-order valence-corrected chi connectivity index (χ4v) is 2.98. The predicted octanol–water partition coefficient (Wildman–Crippen LogP) is 3.40. The first-order valence-electron chi connectivity index (χ1n) is 6.72. The molecule has 3 aromatic rings. The van der Waals surface area contributed by atoms with E-state index < -0.39 is 0 Å². The van der Waals surface area contributed by atoms with Crippen LogP contribution in [0.3, 0.4) is 0 Å². The van der Waals surface area contributed by atoms with Gasteiger partial charge in [-0.25, -0.2) is 0 Å². The Morgan fingerprint density at radius 2 is 1.90 bits per heavy atom. The van der Waals surface area contributed by atoms with Gasteiger partial charge in [-0.1, -0.05) is 47.7 Å². The Morgan fingerprint density at radius 3 is 2.67 bits per heavy atom. The summed E-state index contributed by atoms with van der Waals surface area (Å²) in [7, 11) is 0. The van der Waals surface area contributed by atoms with Gasteiger partial charge in [0.2, 0.25) is 0 Å². The number of aromatic nitrogens is 3. The summed E-state index contributed by atoms with van der Waals surface area (Å²) >= 11 is 1.43. The molecule has 2 heterocycles. The van der Waals surface area contributed by atoms with Crippen molar-refractivity contribution in [2.24, 2.45) is 0 Å². The average Bonchev–Trinajstić information content (AvgIpc) is 2.91. The molecule has 0 amide bonds. The predicted molar refractivity (Wildman–Crippen MR) is 83.8 cm³/mol. The van der Waals surface area contributed by atoms with Crippen LogP contribution in [0.15, 0.2) is 53.8 Å². The van der Waals surface area contributed by atoms with Crippen LogP contribution >= 0.6 is 11.8 Å². The molecule has 0 aliphatic carbocycles. The molecule has 0 saturated carbocycles. The topological polar surface area (TPSA) is 47.3 Å². The second-order valence-electron chi connectivity index (χ2n) is 4.90. The number of hydrogen-bond donors (Lipinski definition) is 0. The fraction of sp³-hybridized carbons (Fsp3) is 0.188. The first-order valence-corrected chi connectivity index (χ1v) is 7.60. The van der Waals surface area contributed by atoms with Gasteiger partial charge in [0.25, 0.3) is 0 Å². The highest BCUT2D eigenvalue weighted by molar-refractivity contribution is 8.00. The van der Waals surface area contributed by atoms with Crippen LogP contribution < -0.4 is 0 Å². The molecule has 1 atom stereocenters. The van der Waals surface area contributed by atoms with Gasteiger partial charge in [-0.15, -0.1) is 10.2 Å². The van der Waals surface area contributed by atoms with Gasteiger partial charge in [-0.2, -0.15) is 0 Å². The Morgan fingerprint density at radius 1 is 1.14 bits per heavy atom. The third-order valence-electron chi connectivity index (χ3n) is 3.27. The minimum absolute atomic E-state index is 0.104. The molecule has 2 aromatic heterocycles. The molecule has 0 saturated heterocycles. The van der Waals surface area contributed by atoms with Gasteiger partial charge in [0, 0.05) is 11.8 Å². The summed E-state index contributed by atoms with van der Waals surface area (Å²) in [4.78, 5) is 12.4. The highest BCUT2D eigenvalue weighted by Gasteiger charge is 2.19. The maximum atomic E-state index is 12.4. The Labute approximate surface area is 127 Å². The van der Waals surface area contributed by atoms with E-state index in [-0.39, 0.29) is 11.0 Å². The number of thioether (sulfide) groups is 1. The molecule has 0 unspecified atom stereocenters. The second kappa shape index (κ2) is 5.69. The maximum absolute atomic E-state index is 12.4. The van der Waals surface area contributed by atoms with Gasteiger partial charge in [-0.05, 0) is 26.0 Å². The number of pyridine rings is 1. The van der Waals surface area contributed by atoms with Crippen molar-refractivity contribution in [3.63, 3.8) is 0 Å². The molecule has 0 aliphatic heterocycles. The summed E-state index contributed by atoms with van der Waals surface area (Å²) in [6.07, 6.45) is 1.90. The van der Waals surface area contributed by atoms with Gasteiger partial charge in [0.1, 0.15) is 0 Å². The summed E-state index contributed by atoms with van der Waals surface area (Å²) < 4.78 is 1.89. The molecule has 3 rings (SSSR count). The maximum Gasteiger partial charge on any atom is 0.196 e. The lowest BCUT2D eigenvalue weighted by molar-refractivity contribution is 0.0994. The number of rotatable bonds is 4. The van der Waals surface area contributed by atoms with Crippen LogP contribution in [0.1, 0.15) is 22.8 Å². The zero-order valence-electron chi connectivity index (χ0n) is 11.9. The van der Waals surface area contributed by atoms with E-state index in [0.29, 0.717) is 0 Å². The Hall–Kier alpha value is -2.14. The molecule has 0 bridgehead atoms. The quantitative estimate of drug-likeness (QED) is 0.547. The Kier molecular flexibility index (Phi) is 3.75. The van der Waals surface area contributed by atoms with E-state index in [1.807, 2.05) is 66.9 Å². The van der Waals surface area contributed by atoms with Crippen molar-refractivity contribution in [3.8, 4) is 0 Å². The lowest BCUT2D eigenvalue weighted by atomic mass is 10.1. The summed E-state index contributed by atoms with van der Waals surface area (Å²) in [5.74, 6) is 0.104. The largest absolute Gasteiger partial charge is 0.293 e. The lowest BCUT2D eigenvalue weighted by Gasteiger charge is -2.09. The number of carbonyl (C=O) groups excluding carboxylic acids is 1. The molecular formula is C16H15N3OS. The minimum Gasteiger partial charge on any atom is -0.293 e. The molecular weight excluding hydrogens is 282 g/mol. The van der Waals surface area contributed by atoms with Crippen LogP contribution in [0.25, 0.3) is 5.65 Å². The van der Waals surface area contributed by atoms with Crippen molar-refractivity contribution >= 4 is 23.2 Å². The number of Topliss-reactive ketones (excluding diaryl/α,β-unsaturated/α-hetero) is 1. The molecule has 0 radical (unpaired) electrons. The number of fused-ring (bicyclic) bond motifs is 1. The molecule has 0 N–H and O–H groups in total. The average molecular weight is 297 g/mol. The standard InChI is InChI=1S/C16H15N3OS/c1-11-6-8-13(9-7-11)15(20)12(2)21-16-18-17-14-5-3-4-10-19(14)16/h3-10,12H,1-2H3/t12-/m1/s1. The van der Waals surface area contributed by atoms with Gasteiger partial charge in [0.15, 0.2) is 16.6 Å². The van der Waals surface area contributed by atoms with Crippen molar-refractivity contribution in [2.45, 2.75) is 24.3 Å². The van der Waals surface area contributed by atoms with Crippen molar-refractivity contribution in [2.75, 3.05) is 0 Å². The van der Waals surface area contributed by atoms with Gasteiger partial charge in [0.05, 0.1) is 5.25 Å². The zero-order chi connectivity index (χ0) is 14.8. The molecule has 5 heteroatoms. The first kappa shape index (κ1) is 13.8. The van der Waals surface area contributed by atoms with E-state index in [4.69, 9.17) is 0 Å². The van der Waals surface area contributed by atoms with Crippen LogP contribution in [0.5, 0.6) is 0 Å². The van der Waals surface area contributed by atoms with Crippen molar-refractivity contribution in [1.29, 1.82) is 0 Å². The number of benzene rings is 1. The molecule has 106 valence electrons. The molecule has 0 fully saturated rings. The molecule has 21 heavy (non-hydrogen) atoms. The molecule has 0 spiro atoms. The fourth-order valence-electron chi connectivity index (χ4n) is 2.06. The number of ketones is 1. The number of aryl methyl sites for hydroxylation is 1.